The van der Waals surface area contributed by atoms with Gasteiger partial charge >= 0.3 is 0 Å². The fourth-order valence-electron chi connectivity index (χ4n) is 3.50. The minimum absolute atomic E-state index is 0.782. The normalized spacial score (nSPS) is 15.2. The van der Waals surface area contributed by atoms with E-state index in [1.807, 2.05) is 0 Å². The molecule has 0 aliphatic carbocycles. The number of allylic oxidation sites excluding steroid dienone is 5. The Morgan fingerprint density at radius 1 is 0.800 bits per heavy atom. The lowest BCUT2D eigenvalue weighted by Crippen LogP contribution is -2.34. The van der Waals surface area contributed by atoms with Crippen LogP contribution in [0.4, 0.5) is 0 Å². The minimum atomic E-state index is 0.782. The van der Waals surface area contributed by atoms with Gasteiger partial charge in [0.1, 0.15) is 14.1 Å². The van der Waals surface area contributed by atoms with Crippen molar-refractivity contribution in [2.75, 3.05) is 40.4 Å². The maximum absolute atomic E-state index is 5.54. The zero-order chi connectivity index (χ0) is 21.3. The number of ether oxygens (including phenoxy) is 1. The summed E-state index contributed by atoms with van der Waals surface area (Å²) in [4.78, 5) is 2.41. The van der Waals surface area contributed by atoms with Crippen molar-refractivity contribution in [3.8, 4) is 0 Å². The molecule has 2 aromatic rings. The lowest BCUT2D eigenvalue weighted by molar-refractivity contribution is -0.463. The average Bonchev–Trinajstić information content (AvgIpc) is 2.75. The van der Waals surface area contributed by atoms with Crippen LogP contribution in [-0.4, -0.2) is 55.6 Å². The molecule has 2 aromatic carbocycles. The second-order valence-electron chi connectivity index (χ2n) is 7.91. The molecule has 1 aliphatic rings. The molecule has 0 radical (unpaired) electrons. The van der Waals surface area contributed by atoms with Gasteiger partial charge in [-0.05, 0) is 37.6 Å². The molecule has 1 fully saturated rings. The van der Waals surface area contributed by atoms with Crippen LogP contribution in [0.15, 0.2) is 78.9 Å². The third-order valence-corrected chi connectivity index (χ3v) is 5.26. The summed E-state index contributed by atoms with van der Waals surface area (Å²) in [6.07, 6.45) is 10.7. The molecular weight excluding hydrogens is 368 g/mol. The SMILES string of the molecule is Cc1ccc(C(/C=C/C=C/C=C(/c2ccc(C)cc2)N2CCOCC2)=[N+](C)C)cc1. The van der Waals surface area contributed by atoms with Gasteiger partial charge in [-0.25, -0.2) is 4.58 Å². The quantitative estimate of drug-likeness (QED) is 0.391. The second kappa shape index (κ2) is 10.7. The summed E-state index contributed by atoms with van der Waals surface area (Å²) < 4.78 is 7.69. The highest BCUT2D eigenvalue weighted by Gasteiger charge is 2.14. The number of hydrogen-bond donors (Lipinski definition) is 0. The Balaban J connectivity index is 1.79. The van der Waals surface area contributed by atoms with Gasteiger partial charge < -0.3 is 9.64 Å². The van der Waals surface area contributed by atoms with Crippen LogP contribution >= 0.6 is 0 Å². The summed E-state index contributed by atoms with van der Waals surface area (Å²) in [5.41, 5.74) is 7.46. The molecule has 3 heteroatoms. The number of benzene rings is 2. The van der Waals surface area contributed by atoms with Gasteiger partial charge in [0.05, 0.1) is 13.2 Å². The summed E-state index contributed by atoms with van der Waals surface area (Å²) in [5.74, 6) is 0. The zero-order valence-corrected chi connectivity index (χ0v) is 18.6. The Hall–Kier alpha value is -2.91. The topological polar surface area (TPSA) is 15.5 Å². The molecule has 0 bridgehead atoms. The molecule has 1 saturated heterocycles. The van der Waals surface area contributed by atoms with Gasteiger partial charge in [0.2, 0.25) is 5.71 Å². The number of morpholine rings is 1. The van der Waals surface area contributed by atoms with Crippen LogP contribution < -0.4 is 0 Å². The first-order chi connectivity index (χ1) is 14.5. The van der Waals surface area contributed by atoms with Crippen molar-refractivity contribution >= 4 is 11.4 Å². The summed E-state index contributed by atoms with van der Waals surface area (Å²) in [6.45, 7) is 7.66. The van der Waals surface area contributed by atoms with Gasteiger partial charge in [0, 0.05) is 30.4 Å². The van der Waals surface area contributed by atoms with Crippen LogP contribution in [0.2, 0.25) is 0 Å². The maximum atomic E-state index is 5.54. The first-order valence-electron chi connectivity index (χ1n) is 10.6. The van der Waals surface area contributed by atoms with E-state index in [0.717, 1.165) is 26.3 Å². The average molecular weight is 402 g/mol. The summed E-state index contributed by atoms with van der Waals surface area (Å²) >= 11 is 0. The first-order valence-corrected chi connectivity index (χ1v) is 10.6. The van der Waals surface area contributed by atoms with E-state index >= 15 is 0 Å². The van der Waals surface area contributed by atoms with Gasteiger partial charge in [0.25, 0.3) is 0 Å². The fourth-order valence-corrected chi connectivity index (χ4v) is 3.50. The van der Waals surface area contributed by atoms with Crippen LogP contribution in [0.25, 0.3) is 5.70 Å². The van der Waals surface area contributed by atoms with E-state index in [-0.39, 0.29) is 0 Å². The molecule has 0 N–H and O–H groups in total. The van der Waals surface area contributed by atoms with Gasteiger partial charge in [0.15, 0.2) is 0 Å². The van der Waals surface area contributed by atoms with Crippen molar-refractivity contribution in [1.82, 2.24) is 4.90 Å². The molecule has 0 unspecified atom stereocenters. The third kappa shape index (κ3) is 6.04. The fraction of sp³-hybridized carbons (Fsp3) is 0.296. The Bertz CT molecular complexity index is 937. The molecule has 1 heterocycles. The van der Waals surface area contributed by atoms with Crippen LogP contribution in [0, 0.1) is 13.8 Å². The number of nitrogens with zero attached hydrogens (tertiary/aromatic N) is 2. The number of rotatable bonds is 6. The minimum Gasteiger partial charge on any atom is -0.378 e. The maximum Gasteiger partial charge on any atom is 0.206 e. The van der Waals surface area contributed by atoms with E-state index in [4.69, 9.17) is 4.74 Å². The van der Waals surface area contributed by atoms with Crippen LogP contribution in [0.3, 0.4) is 0 Å². The van der Waals surface area contributed by atoms with Crippen molar-refractivity contribution in [3.63, 3.8) is 0 Å². The molecule has 0 amide bonds. The van der Waals surface area contributed by atoms with Crippen LogP contribution in [0.1, 0.15) is 22.3 Å². The Labute approximate surface area is 181 Å². The van der Waals surface area contributed by atoms with Crippen LogP contribution in [0.5, 0.6) is 0 Å². The highest BCUT2D eigenvalue weighted by atomic mass is 16.5. The number of aryl methyl sites for hydroxylation is 2. The molecule has 156 valence electrons. The molecule has 30 heavy (non-hydrogen) atoms. The summed E-state index contributed by atoms with van der Waals surface area (Å²) in [7, 11) is 4.16. The van der Waals surface area contributed by atoms with Crippen molar-refractivity contribution < 1.29 is 9.31 Å². The lowest BCUT2D eigenvalue weighted by atomic mass is 10.1. The van der Waals surface area contributed by atoms with E-state index in [9.17, 15) is 0 Å². The Morgan fingerprint density at radius 3 is 1.93 bits per heavy atom. The Kier molecular flexibility index (Phi) is 7.81. The van der Waals surface area contributed by atoms with Crippen molar-refractivity contribution in [3.05, 3.63) is 101 Å². The van der Waals surface area contributed by atoms with Crippen molar-refractivity contribution in [2.45, 2.75) is 13.8 Å². The van der Waals surface area contributed by atoms with E-state index < -0.39 is 0 Å². The third-order valence-electron chi connectivity index (χ3n) is 5.26. The van der Waals surface area contributed by atoms with Crippen molar-refractivity contribution in [2.24, 2.45) is 0 Å². The van der Waals surface area contributed by atoms with Gasteiger partial charge in [-0.1, -0.05) is 65.8 Å². The molecule has 0 aromatic heterocycles. The van der Waals surface area contributed by atoms with Gasteiger partial charge in [-0.2, -0.15) is 0 Å². The predicted octanol–water partition coefficient (Wildman–Crippen LogP) is 4.85. The molecule has 0 atom stereocenters. The highest BCUT2D eigenvalue weighted by molar-refractivity contribution is 6.05. The molecule has 1 aliphatic heterocycles. The van der Waals surface area contributed by atoms with E-state index in [1.165, 1.54) is 33.7 Å². The molecular formula is C27H33N2O+. The van der Waals surface area contributed by atoms with E-state index in [1.54, 1.807) is 0 Å². The van der Waals surface area contributed by atoms with Gasteiger partial charge in [-0.15, -0.1) is 0 Å². The van der Waals surface area contributed by atoms with E-state index in [2.05, 4.69) is 116 Å². The largest absolute Gasteiger partial charge is 0.378 e. The Morgan fingerprint density at radius 2 is 1.37 bits per heavy atom. The second-order valence-corrected chi connectivity index (χ2v) is 7.91. The molecule has 0 saturated carbocycles. The van der Waals surface area contributed by atoms with Crippen molar-refractivity contribution in [1.29, 1.82) is 0 Å². The zero-order valence-electron chi connectivity index (χ0n) is 18.6. The molecule has 3 rings (SSSR count). The summed E-state index contributed by atoms with van der Waals surface area (Å²) in [6, 6.07) is 17.4. The monoisotopic (exact) mass is 401 g/mol. The predicted molar refractivity (Wildman–Crippen MR) is 127 cm³/mol. The number of hydrogen-bond acceptors (Lipinski definition) is 2. The standard InChI is InChI=1S/C27H33N2O/c1-22-10-14-24(15-11-22)26(28(3)4)8-6-5-7-9-27(29-18-20-30-21-19-29)25-16-12-23(2)13-17-25/h5-17H,18-21H2,1-4H3/q+1. The van der Waals surface area contributed by atoms with Crippen LogP contribution in [-0.2, 0) is 4.74 Å². The van der Waals surface area contributed by atoms with Gasteiger partial charge in [-0.3, -0.25) is 0 Å². The summed E-state index contributed by atoms with van der Waals surface area (Å²) in [5, 5.41) is 0. The lowest BCUT2D eigenvalue weighted by Gasteiger charge is -2.31. The highest BCUT2D eigenvalue weighted by Crippen LogP contribution is 2.21. The smallest absolute Gasteiger partial charge is 0.206 e. The molecule has 0 spiro atoms. The first kappa shape index (κ1) is 21.8. The van der Waals surface area contributed by atoms with E-state index in [0.29, 0.717) is 0 Å². The molecule has 3 nitrogen and oxygen atoms in total.